The van der Waals surface area contributed by atoms with Crippen LogP contribution in [0.3, 0.4) is 0 Å². The molecule has 0 atom stereocenters. The summed E-state index contributed by atoms with van der Waals surface area (Å²) in [5.41, 5.74) is 0. The van der Waals surface area contributed by atoms with Crippen molar-refractivity contribution < 1.29 is 29.3 Å². The first-order chi connectivity index (χ1) is 24.4. The van der Waals surface area contributed by atoms with Gasteiger partial charge in [-0.15, -0.1) is 0 Å². The smallest absolute Gasteiger partial charge is 0.330 e. The summed E-state index contributed by atoms with van der Waals surface area (Å²) < 4.78 is 9.45. The van der Waals surface area contributed by atoms with Crippen molar-refractivity contribution in [3.8, 4) is 0 Å². The number of aliphatic hydroxyl groups is 2. The van der Waals surface area contributed by atoms with E-state index in [4.69, 9.17) is 19.7 Å². The predicted molar refractivity (Wildman–Crippen MR) is 217 cm³/mol. The molecule has 0 aliphatic rings. The highest BCUT2D eigenvalue weighted by atomic mass is 16.5. The molecule has 0 fully saturated rings. The molecule has 50 heavy (non-hydrogen) atoms. The molecule has 0 aromatic heterocycles. The number of hydrogen-bond donors (Lipinski definition) is 2. The average molecular weight is 701 g/mol. The van der Waals surface area contributed by atoms with Crippen LogP contribution in [0, 0.1) is 0 Å². The molecule has 0 aromatic carbocycles. The fraction of sp³-hybridized carbons (Fsp3) is 0.591. The van der Waals surface area contributed by atoms with E-state index in [1.807, 2.05) is 36.5 Å². The second-order valence-corrected chi connectivity index (χ2v) is 11.1. The van der Waals surface area contributed by atoms with Crippen molar-refractivity contribution in [3.63, 3.8) is 0 Å². The number of unbranched alkanes of at least 4 members (excludes halogenated alkanes) is 12. The monoisotopic (exact) mass is 701 g/mol. The second kappa shape index (κ2) is 55.2. The van der Waals surface area contributed by atoms with Crippen LogP contribution in [0.1, 0.15) is 144 Å². The quantitative estimate of drug-likeness (QED) is 0.0404. The third kappa shape index (κ3) is 63.4. The summed E-state index contributed by atoms with van der Waals surface area (Å²) >= 11 is 0. The number of aliphatic hydroxyl groups excluding tert-OH is 2. The summed E-state index contributed by atoms with van der Waals surface area (Å²) in [6.07, 6.45) is 49.5. The minimum Gasteiger partial charge on any atom is -0.463 e. The van der Waals surface area contributed by atoms with Crippen LogP contribution in [0.4, 0.5) is 0 Å². The average Bonchev–Trinajstić information content (AvgIpc) is 3.11. The van der Waals surface area contributed by atoms with Crippen LogP contribution in [0.2, 0.25) is 0 Å². The third-order valence-electron chi connectivity index (χ3n) is 6.41. The first-order valence-electron chi connectivity index (χ1n) is 19.3. The maximum Gasteiger partial charge on any atom is 0.330 e. The van der Waals surface area contributed by atoms with Gasteiger partial charge in [-0.25, -0.2) is 9.59 Å². The lowest BCUT2D eigenvalue weighted by molar-refractivity contribution is -0.138. The Bertz CT molecular complexity index is 831. The van der Waals surface area contributed by atoms with Crippen LogP contribution < -0.4 is 0 Å². The minimum atomic E-state index is -0.272. The van der Waals surface area contributed by atoms with Gasteiger partial charge in [0.15, 0.2) is 0 Å². The normalized spacial score (nSPS) is 11.5. The van der Waals surface area contributed by atoms with Crippen LogP contribution in [0.5, 0.6) is 0 Å². The van der Waals surface area contributed by atoms with Crippen molar-refractivity contribution in [1.29, 1.82) is 0 Å². The molecule has 0 unspecified atom stereocenters. The van der Waals surface area contributed by atoms with E-state index in [0.717, 1.165) is 25.7 Å². The molecule has 6 heteroatoms. The van der Waals surface area contributed by atoms with E-state index in [0.29, 0.717) is 13.2 Å². The molecular formula is C44H76O6. The van der Waals surface area contributed by atoms with Crippen LogP contribution >= 0.6 is 0 Å². The Labute approximate surface area is 308 Å². The Morgan fingerprint density at radius 3 is 0.900 bits per heavy atom. The van der Waals surface area contributed by atoms with Crippen molar-refractivity contribution in [1.82, 2.24) is 0 Å². The number of carbonyl (C=O) groups is 2. The van der Waals surface area contributed by atoms with E-state index in [1.165, 1.54) is 89.2 Å². The van der Waals surface area contributed by atoms with E-state index in [-0.39, 0.29) is 25.2 Å². The number of allylic oxidation sites excluding steroid dienone is 12. The van der Waals surface area contributed by atoms with Gasteiger partial charge in [-0.1, -0.05) is 164 Å². The molecule has 0 aliphatic heterocycles. The van der Waals surface area contributed by atoms with Gasteiger partial charge in [0, 0.05) is 12.2 Å². The van der Waals surface area contributed by atoms with Gasteiger partial charge in [0.1, 0.15) is 0 Å². The summed E-state index contributed by atoms with van der Waals surface area (Å²) in [6, 6.07) is 0. The zero-order chi connectivity index (χ0) is 38.0. The highest BCUT2D eigenvalue weighted by molar-refractivity contribution is 5.82. The summed E-state index contributed by atoms with van der Waals surface area (Å²) in [7, 11) is 0. The van der Waals surface area contributed by atoms with Crippen LogP contribution in [-0.4, -0.2) is 48.6 Å². The van der Waals surface area contributed by atoms with Crippen molar-refractivity contribution >= 4 is 11.9 Å². The van der Waals surface area contributed by atoms with Crippen molar-refractivity contribution in [3.05, 3.63) is 97.2 Å². The first kappa shape index (κ1) is 53.6. The summed E-state index contributed by atoms with van der Waals surface area (Å²) in [4.78, 5) is 21.7. The summed E-state index contributed by atoms with van der Waals surface area (Å²) in [5, 5.41) is 16.8. The molecule has 0 heterocycles. The lowest BCUT2D eigenvalue weighted by atomic mass is 10.2. The number of rotatable bonds is 26. The SMILES string of the molecule is CCCCC/C=C\C=C\C(=O)OCC.CCCCC/C=C\C=C\C(=O)OCC.CCCCC/C=C\C=C\CO.CCCCC/C=C\C=C\CO. The zero-order valence-corrected chi connectivity index (χ0v) is 32.9. The van der Waals surface area contributed by atoms with Gasteiger partial charge in [-0.3, -0.25) is 0 Å². The first-order valence-corrected chi connectivity index (χ1v) is 19.3. The molecule has 0 amide bonds. The molecular weight excluding hydrogens is 624 g/mol. The lowest BCUT2D eigenvalue weighted by Crippen LogP contribution is -1.98. The van der Waals surface area contributed by atoms with Crippen molar-refractivity contribution in [2.75, 3.05) is 26.4 Å². The van der Waals surface area contributed by atoms with Gasteiger partial charge in [0.05, 0.1) is 26.4 Å². The molecule has 0 radical (unpaired) electrons. The Kier molecular flexibility index (Phi) is 59.1. The molecule has 0 aliphatic carbocycles. The Balaban J connectivity index is -0.000000284. The number of ether oxygens (including phenoxy) is 2. The van der Waals surface area contributed by atoms with E-state index in [1.54, 1.807) is 38.2 Å². The molecule has 0 saturated heterocycles. The largest absolute Gasteiger partial charge is 0.463 e. The van der Waals surface area contributed by atoms with Crippen LogP contribution in [-0.2, 0) is 19.1 Å². The zero-order valence-electron chi connectivity index (χ0n) is 32.9. The Morgan fingerprint density at radius 1 is 0.400 bits per heavy atom. The lowest BCUT2D eigenvalue weighted by Gasteiger charge is -1.92. The van der Waals surface area contributed by atoms with E-state index < -0.39 is 0 Å². The fourth-order valence-corrected chi connectivity index (χ4v) is 3.68. The number of carbonyl (C=O) groups excluding carboxylic acids is 2. The summed E-state index contributed by atoms with van der Waals surface area (Å²) in [6.45, 7) is 13.5. The van der Waals surface area contributed by atoms with Gasteiger partial charge >= 0.3 is 11.9 Å². The number of esters is 2. The molecule has 0 saturated carbocycles. The third-order valence-corrected chi connectivity index (χ3v) is 6.41. The summed E-state index contributed by atoms with van der Waals surface area (Å²) in [5.74, 6) is -0.545. The molecule has 0 aromatic rings. The molecule has 288 valence electrons. The highest BCUT2D eigenvalue weighted by Crippen LogP contribution is 2.01. The van der Waals surface area contributed by atoms with Crippen molar-refractivity contribution in [2.24, 2.45) is 0 Å². The fourth-order valence-electron chi connectivity index (χ4n) is 3.68. The highest BCUT2D eigenvalue weighted by Gasteiger charge is 1.91. The maximum absolute atomic E-state index is 10.8. The van der Waals surface area contributed by atoms with Gasteiger partial charge in [-0.2, -0.15) is 0 Å². The van der Waals surface area contributed by atoms with Crippen LogP contribution in [0.25, 0.3) is 0 Å². The Hall–Kier alpha value is -3.22. The molecule has 2 N–H and O–H groups in total. The standard InChI is InChI=1S/2C12H20O2.2C10H18O/c2*1-3-5-6-7-8-9-10-11-12(13)14-4-2;2*1-2-3-4-5-6-7-8-9-10-11/h2*8-11H,3-7H2,1-2H3;2*6-9,11H,2-5,10H2,1H3/b2*9-8-,11-10+;2*7-6-,9-8+. The minimum absolute atomic E-state index is 0.138. The molecule has 0 rings (SSSR count). The second-order valence-electron chi connectivity index (χ2n) is 11.1. The van der Waals surface area contributed by atoms with E-state index >= 15 is 0 Å². The molecule has 0 bridgehead atoms. The van der Waals surface area contributed by atoms with Gasteiger partial charge in [0.25, 0.3) is 0 Å². The van der Waals surface area contributed by atoms with E-state index in [9.17, 15) is 9.59 Å². The predicted octanol–water partition coefficient (Wildman–Crippen LogP) is 11.8. The molecule has 0 spiro atoms. The Morgan fingerprint density at radius 2 is 0.660 bits per heavy atom. The van der Waals surface area contributed by atoms with E-state index in [2.05, 4.69) is 52.0 Å². The molecule has 6 nitrogen and oxygen atoms in total. The van der Waals surface area contributed by atoms with Crippen LogP contribution in [0.15, 0.2) is 97.2 Å². The number of hydrogen-bond acceptors (Lipinski definition) is 6. The topological polar surface area (TPSA) is 93.1 Å². The maximum atomic E-state index is 10.8. The van der Waals surface area contributed by atoms with Gasteiger partial charge in [-0.05, 0) is 65.2 Å². The van der Waals surface area contributed by atoms with Crippen molar-refractivity contribution in [2.45, 2.75) is 144 Å². The van der Waals surface area contributed by atoms with Gasteiger partial charge in [0.2, 0.25) is 0 Å². The van der Waals surface area contributed by atoms with Gasteiger partial charge < -0.3 is 19.7 Å².